The van der Waals surface area contributed by atoms with Crippen LogP contribution in [0.5, 0.6) is 0 Å². The van der Waals surface area contributed by atoms with Crippen molar-refractivity contribution in [1.29, 1.82) is 5.26 Å². The van der Waals surface area contributed by atoms with Crippen LogP contribution in [0.25, 0.3) is 0 Å². The van der Waals surface area contributed by atoms with E-state index in [1.165, 1.54) is 6.20 Å². The highest BCUT2D eigenvalue weighted by atomic mass is 15.2. The molecule has 0 unspecified atom stereocenters. The Morgan fingerprint density at radius 3 is 3.25 bits per heavy atom. The summed E-state index contributed by atoms with van der Waals surface area (Å²) in [5, 5.41) is 18.9. The fourth-order valence-electron chi connectivity index (χ4n) is 0.721. The molecule has 0 aliphatic carbocycles. The van der Waals surface area contributed by atoms with Crippen LogP contribution in [-0.2, 0) is 0 Å². The maximum atomic E-state index is 8.63. The van der Waals surface area contributed by atoms with Crippen LogP contribution in [0, 0.1) is 11.3 Å². The molecule has 0 bridgehead atoms. The highest BCUT2D eigenvalue weighted by Gasteiger charge is 1.99. The number of anilines is 1. The zero-order valence-corrected chi connectivity index (χ0v) is 6.49. The molecule has 0 fully saturated rings. The molecule has 0 atom stereocenters. The first kappa shape index (κ1) is 8.21. The predicted octanol–water partition coefficient (Wildman–Crippen LogP) is 0.946. The Labute approximate surface area is 70.6 Å². The smallest absolute Gasteiger partial charge is 0.166 e. The van der Waals surface area contributed by atoms with Gasteiger partial charge in [0.05, 0.1) is 11.8 Å². The minimum atomic E-state index is 0.492. The second-order valence-electron chi connectivity index (χ2n) is 2.07. The van der Waals surface area contributed by atoms with Gasteiger partial charge in [-0.2, -0.15) is 10.4 Å². The van der Waals surface area contributed by atoms with Gasteiger partial charge in [-0.15, -0.1) is 11.7 Å². The van der Waals surface area contributed by atoms with Crippen molar-refractivity contribution in [3.63, 3.8) is 0 Å². The second kappa shape index (κ2) is 4.09. The molecule has 4 heteroatoms. The lowest BCUT2D eigenvalue weighted by molar-refractivity contribution is 1.02. The van der Waals surface area contributed by atoms with Crippen LogP contribution in [0.1, 0.15) is 5.56 Å². The van der Waals surface area contributed by atoms with E-state index < -0.39 is 0 Å². The molecular weight excluding hydrogens is 152 g/mol. The Balaban J connectivity index is 2.83. The summed E-state index contributed by atoms with van der Waals surface area (Å²) in [5.41, 5.74) is 0.492. The van der Waals surface area contributed by atoms with E-state index >= 15 is 0 Å². The molecule has 0 spiro atoms. The predicted molar refractivity (Wildman–Crippen MR) is 45.4 cm³/mol. The average molecular weight is 160 g/mol. The molecule has 1 heterocycles. The molecule has 1 aromatic heterocycles. The number of hydrogen-bond acceptors (Lipinski definition) is 4. The van der Waals surface area contributed by atoms with Gasteiger partial charge in [0.15, 0.2) is 5.82 Å². The van der Waals surface area contributed by atoms with Crippen LogP contribution in [0.3, 0.4) is 0 Å². The van der Waals surface area contributed by atoms with Gasteiger partial charge in [0, 0.05) is 6.54 Å². The number of nitrogens with one attached hydrogen (secondary N) is 1. The van der Waals surface area contributed by atoms with Crippen molar-refractivity contribution < 1.29 is 0 Å². The lowest BCUT2D eigenvalue weighted by Gasteiger charge is -2.01. The van der Waals surface area contributed by atoms with Gasteiger partial charge in [-0.1, -0.05) is 6.08 Å². The van der Waals surface area contributed by atoms with Gasteiger partial charge in [0.1, 0.15) is 6.07 Å². The minimum Gasteiger partial charge on any atom is -0.364 e. The highest BCUT2D eigenvalue weighted by Crippen LogP contribution is 2.06. The number of nitrogens with zero attached hydrogens (tertiary/aromatic N) is 3. The van der Waals surface area contributed by atoms with Crippen LogP contribution in [-0.4, -0.2) is 16.7 Å². The van der Waals surface area contributed by atoms with Gasteiger partial charge in [0.2, 0.25) is 0 Å². The number of rotatable bonds is 3. The van der Waals surface area contributed by atoms with Gasteiger partial charge in [0.25, 0.3) is 0 Å². The molecule has 12 heavy (non-hydrogen) atoms. The lowest BCUT2D eigenvalue weighted by Crippen LogP contribution is -2.03. The number of nitriles is 1. The summed E-state index contributed by atoms with van der Waals surface area (Å²) in [7, 11) is 0. The van der Waals surface area contributed by atoms with E-state index in [0.717, 1.165) is 0 Å². The Bertz CT molecular complexity index is 313. The molecule has 0 aromatic carbocycles. The van der Waals surface area contributed by atoms with Gasteiger partial charge >= 0.3 is 0 Å². The normalized spacial score (nSPS) is 8.58. The van der Waals surface area contributed by atoms with Gasteiger partial charge in [-0.05, 0) is 6.07 Å². The Morgan fingerprint density at radius 1 is 1.75 bits per heavy atom. The van der Waals surface area contributed by atoms with Gasteiger partial charge < -0.3 is 5.32 Å². The van der Waals surface area contributed by atoms with E-state index in [4.69, 9.17) is 5.26 Å². The minimum absolute atomic E-state index is 0.492. The molecule has 0 aliphatic rings. The maximum absolute atomic E-state index is 8.63. The first-order chi connectivity index (χ1) is 5.88. The van der Waals surface area contributed by atoms with Crippen LogP contribution in [0.2, 0.25) is 0 Å². The monoisotopic (exact) mass is 160 g/mol. The largest absolute Gasteiger partial charge is 0.364 e. The molecule has 4 nitrogen and oxygen atoms in total. The highest BCUT2D eigenvalue weighted by molar-refractivity contribution is 5.50. The van der Waals surface area contributed by atoms with E-state index in [1.807, 2.05) is 6.07 Å². The quantitative estimate of drug-likeness (QED) is 0.668. The van der Waals surface area contributed by atoms with Crippen molar-refractivity contribution in [2.45, 2.75) is 0 Å². The number of hydrogen-bond donors (Lipinski definition) is 1. The number of aromatic nitrogens is 2. The molecule has 0 saturated heterocycles. The summed E-state index contributed by atoms with van der Waals surface area (Å²) < 4.78 is 0. The first-order valence-electron chi connectivity index (χ1n) is 3.45. The lowest BCUT2D eigenvalue weighted by atomic mass is 10.3. The zero-order valence-electron chi connectivity index (χ0n) is 6.49. The first-order valence-corrected chi connectivity index (χ1v) is 3.45. The van der Waals surface area contributed by atoms with Crippen molar-refractivity contribution in [3.8, 4) is 6.07 Å². The Hall–Kier alpha value is -1.89. The van der Waals surface area contributed by atoms with Gasteiger partial charge in [-0.3, -0.25) is 0 Å². The second-order valence-corrected chi connectivity index (χ2v) is 2.07. The van der Waals surface area contributed by atoms with E-state index in [1.54, 1.807) is 12.1 Å². The van der Waals surface area contributed by atoms with Crippen molar-refractivity contribution in [3.05, 3.63) is 30.5 Å². The Kier molecular flexibility index (Phi) is 2.79. The maximum Gasteiger partial charge on any atom is 0.166 e. The van der Waals surface area contributed by atoms with E-state index in [0.29, 0.717) is 17.9 Å². The summed E-state index contributed by atoms with van der Waals surface area (Å²) in [6.07, 6.45) is 3.17. The van der Waals surface area contributed by atoms with Crippen LogP contribution < -0.4 is 5.32 Å². The summed E-state index contributed by atoms with van der Waals surface area (Å²) in [6, 6.07) is 3.61. The molecule has 0 saturated carbocycles. The molecule has 0 aliphatic heterocycles. The molecule has 0 radical (unpaired) electrons. The third kappa shape index (κ3) is 1.80. The Morgan fingerprint density at radius 2 is 2.58 bits per heavy atom. The van der Waals surface area contributed by atoms with E-state index in [2.05, 4.69) is 22.1 Å². The molecule has 1 aromatic rings. The van der Waals surface area contributed by atoms with E-state index in [9.17, 15) is 0 Å². The topological polar surface area (TPSA) is 61.6 Å². The van der Waals surface area contributed by atoms with Crippen molar-refractivity contribution in [2.75, 3.05) is 11.9 Å². The van der Waals surface area contributed by atoms with Crippen molar-refractivity contribution in [1.82, 2.24) is 10.2 Å². The van der Waals surface area contributed by atoms with Crippen molar-refractivity contribution in [2.24, 2.45) is 0 Å². The molecular formula is C8H8N4. The summed E-state index contributed by atoms with van der Waals surface area (Å²) in [6.45, 7) is 4.11. The summed E-state index contributed by atoms with van der Waals surface area (Å²) in [5.74, 6) is 0.500. The van der Waals surface area contributed by atoms with Crippen LogP contribution in [0.15, 0.2) is 24.9 Å². The van der Waals surface area contributed by atoms with Crippen molar-refractivity contribution >= 4 is 5.82 Å². The average Bonchev–Trinajstić information content (AvgIpc) is 2.15. The fourth-order valence-corrected chi connectivity index (χ4v) is 0.721. The van der Waals surface area contributed by atoms with Crippen LogP contribution in [0.4, 0.5) is 5.82 Å². The van der Waals surface area contributed by atoms with Gasteiger partial charge in [-0.25, -0.2) is 0 Å². The summed E-state index contributed by atoms with van der Waals surface area (Å²) >= 11 is 0. The standard InChI is InChI=1S/C8H8N4/c1-2-4-10-8-7(6-9)3-5-11-12-8/h2-3,5H,1,4H2,(H,10,12). The third-order valence-corrected chi connectivity index (χ3v) is 1.26. The molecule has 1 rings (SSSR count). The van der Waals surface area contributed by atoms with E-state index in [-0.39, 0.29) is 0 Å². The fraction of sp³-hybridized carbons (Fsp3) is 0.125. The van der Waals surface area contributed by atoms with Crippen LogP contribution >= 0.6 is 0 Å². The zero-order chi connectivity index (χ0) is 8.81. The molecule has 0 amide bonds. The molecule has 60 valence electrons. The molecule has 1 N–H and O–H groups in total. The SMILES string of the molecule is C=CCNc1nnccc1C#N. The summed E-state index contributed by atoms with van der Waals surface area (Å²) in [4.78, 5) is 0. The third-order valence-electron chi connectivity index (χ3n) is 1.26.